The van der Waals surface area contributed by atoms with Crippen LogP contribution in [0.3, 0.4) is 0 Å². The third kappa shape index (κ3) is 1.50. The van der Waals surface area contributed by atoms with Crippen LogP contribution in [-0.2, 0) is 0 Å². The highest BCUT2D eigenvalue weighted by Crippen LogP contribution is 2.19. The number of aromatic nitrogens is 1. The van der Waals surface area contributed by atoms with Crippen molar-refractivity contribution in [3.05, 3.63) is 30.6 Å². The molecule has 0 aliphatic carbocycles. The highest BCUT2D eigenvalue weighted by Gasteiger charge is 1.98. The van der Waals surface area contributed by atoms with Gasteiger partial charge < -0.3 is 4.74 Å². The molecule has 0 saturated heterocycles. The minimum Gasteiger partial charge on any atom is -0.497 e. The van der Waals surface area contributed by atoms with E-state index < -0.39 is 0 Å². The average molecular weight is 191 g/mol. The largest absolute Gasteiger partial charge is 0.497 e. The first-order chi connectivity index (χ1) is 6.31. The van der Waals surface area contributed by atoms with Crippen molar-refractivity contribution in [3.8, 4) is 5.75 Å². The number of fused-ring (bicyclic) bond motifs is 1. The van der Waals surface area contributed by atoms with Gasteiger partial charge in [-0.05, 0) is 28.9 Å². The van der Waals surface area contributed by atoms with Crippen LogP contribution in [0.25, 0.3) is 10.8 Å². The number of ether oxygens (including phenoxy) is 1. The lowest BCUT2D eigenvalue weighted by Gasteiger charge is -2.03. The number of rotatable bonds is 1. The lowest BCUT2D eigenvalue weighted by molar-refractivity contribution is 0.415. The third-order valence-electron chi connectivity index (χ3n) is 2.00. The minimum absolute atomic E-state index is 0.866. The third-order valence-corrected chi connectivity index (χ3v) is 2.46. The van der Waals surface area contributed by atoms with Crippen molar-refractivity contribution in [1.82, 2.24) is 4.98 Å². The van der Waals surface area contributed by atoms with Crippen LogP contribution in [0.5, 0.6) is 5.75 Å². The van der Waals surface area contributed by atoms with Crippen molar-refractivity contribution < 1.29 is 4.74 Å². The molecule has 3 heteroatoms. The summed E-state index contributed by atoms with van der Waals surface area (Å²) in [7, 11) is 4.34. The minimum atomic E-state index is 0.866. The molecule has 1 unspecified atom stereocenters. The summed E-state index contributed by atoms with van der Waals surface area (Å²) in [5.74, 6) is 0.866. The molecule has 2 rings (SSSR count). The van der Waals surface area contributed by atoms with Crippen molar-refractivity contribution in [3.63, 3.8) is 0 Å². The maximum absolute atomic E-state index is 5.13. The van der Waals surface area contributed by atoms with E-state index >= 15 is 0 Å². The molecule has 13 heavy (non-hydrogen) atoms. The number of hydrogen-bond acceptors (Lipinski definition) is 2. The molecular weight excluding hydrogens is 181 g/mol. The van der Waals surface area contributed by atoms with Gasteiger partial charge in [0, 0.05) is 17.8 Å². The fourth-order valence-electron chi connectivity index (χ4n) is 1.30. The molecular formula is C10H10NOP. The molecule has 66 valence electrons. The normalized spacial score (nSPS) is 10.3. The molecule has 1 atom stereocenters. The van der Waals surface area contributed by atoms with E-state index in [0.29, 0.717) is 0 Å². The molecule has 0 amide bonds. The van der Waals surface area contributed by atoms with Crippen LogP contribution < -0.4 is 10.0 Å². The van der Waals surface area contributed by atoms with Gasteiger partial charge in [-0.3, -0.25) is 4.98 Å². The molecule has 0 N–H and O–H groups in total. The Morgan fingerprint density at radius 1 is 1.31 bits per heavy atom. The summed E-state index contributed by atoms with van der Waals surface area (Å²) < 4.78 is 5.13. The van der Waals surface area contributed by atoms with Gasteiger partial charge in [-0.1, -0.05) is 0 Å². The molecule has 0 bridgehead atoms. The van der Waals surface area contributed by atoms with Gasteiger partial charge in [0.1, 0.15) is 5.75 Å². The van der Waals surface area contributed by atoms with Gasteiger partial charge in [0.2, 0.25) is 0 Å². The van der Waals surface area contributed by atoms with Crippen LogP contribution >= 0.6 is 9.24 Å². The van der Waals surface area contributed by atoms with E-state index in [9.17, 15) is 0 Å². The lowest BCUT2D eigenvalue weighted by Crippen LogP contribution is -1.94. The average Bonchev–Trinajstić information content (AvgIpc) is 2.18. The molecule has 0 spiro atoms. The predicted octanol–water partition coefficient (Wildman–Crippen LogP) is 1.74. The van der Waals surface area contributed by atoms with E-state index in [2.05, 4.69) is 14.2 Å². The second-order valence-electron chi connectivity index (χ2n) is 2.82. The fraction of sp³-hybridized carbons (Fsp3) is 0.100. The Hall–Kier alpha value is -1.14. The quantitative estimate of drug-likeness (QED) is 0.640. The molecule has 1 heterocycles. The first-order valence-corrected chi connectivity index (χ1v) is 4.56. The van der Waals surface area contributed by atoms with Gasteiger partial charge in [0.15, 0.2) is 0 Å². The molecule has 0 fully saturated rings. The monoisotopic (exact) mass is 191 g/mol. The van der Waals surface area contributed by atoms with Crippen molar-refractivity contribution >= 4 is 25.3 Å². The van der Waals surface area contributed by atoms with Crippen molar-refractivity contribution in [2.45, 2.75) is 0 Å². The molecule has 0 saturated carbocycles. The van der Waals surface area contributed by atoms with Crippen LogP contribution in [0, 0.1) is 0 Å². The summed E-state index contributed by atoms with van der Waals surface area (Å²) in [6, 6.07) is 5.98. The van der Waals surface area contributed by atoms with Crippen LogP contribution in [-0.4, -0.2) is 12.1 Å². The highest BCUT2D eigenvalue weighted by atomic mass is 31.0. The maximum atomic E-state index is 5.13. The summed E-state index contributed by atoms with van der Waals surface area (Å²) in [5, 5.41) is 3.41. The topological polar surface area (TPSA) is 22.1 Å². The van der Waals surface area contributed by atoms with Crippen molar-refractivity contribution in [1.29, 1.82) is 0 Å². The molecule has 1 aromatic heterocycles. The second-order valence-corrected chi connectivity index (χ2v) is 3.44. The number of methoxy groups -OCH3 is 1. The Morgan fingerprint density at radius 2 is 2.15 bits per heavy atom. The summed E-state index contributed by atoms with van der Waals surface area (Å²) in [4.78, 5) is 4.11. The predicted molar refractivity (Wildman–Crippen MR) is 57.6 cm³/mol. The molecule has 0 aliphatic heterocycles. The smallest absolute Gasteiger partial charge is 0.119 e. The molecule has 1 aromatic carbocycles. The van der Waals surface area contributed by atoms with Gasteiger partial charge in [0.25, 0.3) is 0 Å². The van der Waals surface area contributed by atoms with Crippen molar-refractivity contribution in [2.24, 2.45) is 0 Å². The van der Waals surface area contributed by atoms with Crippen molar-refractivity contribution in [2.75, 3.05) is 7.11 Å². The first-order valence-electron chi connectivity index (χ1n) is 3.98. The Morgan fingerprint density at radius 3 is 2.92 bits per heavy atom. The molecule has 2 aromatic rings. The fourth-order valence-corrected chi connectivity index (χ4v) is 1.65. The summed E-state index contributed by atoms with van der Waals surface area (Å²) >= 11 is 0. The second kappa shape index (κ2) is 3.31. The summed E-state index contributed by atoms with van der Waals surface area (Å²) in [6.45, 7) is 0. The van der Waals surface area contributed by atoms with E-state index in [1.54, 1.807) is 7.11 Å². The van der Waals surface area contributed by atoms with E-state index in [4.69, 9.17) is 4.74 Å². The van der Waals surface area contributed by atoms with Crippen LogP contribution in [0.4, 0.5) is 0 Å². The molecule has 2 nitrogen and oxygen atoms in total. The first kappa shape index (κ1) is 8.46. The van der Waals surface area contributed by atoms with Gasteiger partial charge in [-0.15, -0.1) is 9.24 Å². The summed E-state index contributed by atoms with van der Waals surface area (Å²) in [5.41, 5.74) is 0. The van der Waals surface area contributed by atoms with Gasteiger partial charge >= 0.3 is 0 Å². The van der Waals surface area contributed by atoms with Crippen LogP contribution in [0.1, 0.15) is 0 Å². The van der Waals surface area contributed by atoms with Gasteiger partial charge in [0.05, 0.1) is 7.11 Å². The van der Waals surface area contributed by atoms with E-state index in [-0.39, 0.29) is 0 Å². The molecule has 0 aliphatic rings. The highest BCUT2D eigenvalue weighted by molar-refractivity contribution is 7.28. The molecule has 0 radical (unpaired) electrons. The van der Waals surface area contributed by atoms with E-state index in [1.807, 2.05) is 30.6 Å². The number of nitrogens with zero attached hydrogens (tertiary/aromatic N) is 1. The standard InChI is InChI=1S/C10H10NOP/c1-12-8-2-3-9-7(4-8)5-11-6-10(9)13/h2-6H,13H2,1H3. The Labute approximate surface area is 79.1 Å². The van der Waals surface area contributed by atoms with E-state index in [0.717, 1.165) is 16.4 Å². The lowest BCUT2D eigenvalue weighted by atomic mass is 10.2. The van der Waals surface area contributed by atoms with Gasteiger partial charge in [-0.25, -0.2) is 0 Å². The maximum Gasteiger partial charge on any atom is 0.119 e. The number of pyridine rings is 1. The van der Waals surface area contributed by atoms with Crippen LogP contribution in [0.2, 0.25) is 0 Å². The Balaban J connectivity index is 2.72. The zero-order valence-electron chi connectivity index (χ0n) is 7.32. The zero-order valence-corrected chi connectivity index (χ0v) is 8.47. The number of benzene rings is 1. The summed E-state index contributed by atoms with van der Waals surface area (Å²) in [6.07, 6.45) is 3.67. The van der Waals surface area contributed by atoms with Gasteiger partial charge in [-0.2, -0.15) is 0 Å². The Kier molecular flexibility index (Phi) is 2.15. The zero-order chi connectivity index (χ0) is 9.26. The Bertz CT molecular complexity index is 442. The van der Waals surface area contributed by atoms with Crippen LogP contribution in [0.15, 0.2) is 30.6 Å². The SMILES string of the molecule is COc1ccc2c(P)cncc2c1. The number of hydrogen-bond donors (Lipinski definition) is 0. The van der Waals surface area contributed by atoms with E-state index in [1.165, 1.54) is 5.39 Å².